The van der Waals surface area contributed by atoms with Gasteiger partial charge in [0.25, 0.3) is 0 Å². The standard InChI is InChI=1S/C16H16N2O4S2/c1-21-15(19)9-5-3-7-11(13(9)17)23-24-12-8-4-6-10(14(12)18)16(20)22-2/h3-8H,17-18H2,1-2H3. The van der Waals surface area contributed by atoms with E-state index in [1.54, 1.807) is 36.4 Å². The normalized spacial score (nSPS) is 10.2. The zero-order chi connectivity index (χ0) is 17.7. The number of carbonyl (C=O) groups excluding carboxylic acids is 2. The molecule has 0 aliphatic heterocycles. The minimum Gasteiger partial charge on any atom is -0.465 e. The van der Waals surface area contributed by atoms with Crippen LogP contribution in [-0.2, 0) is 9.47 Å². The minimum atomic E-state index is -0.493. The molecular weight excluding hydrogens is 348 g/mol. The summed E-state index contributed by atoms with van der Waals surface area (Å²) >= 11 is 0. The smallest absolute Gasteiger partial charge is 0.339 e. The molecule has 0 unspecified atom stereocenters. The van der Waals surface area contributed by atoms with Gasteiger partial charge in [0.2, 0.25) is 0 Å². The fraction of sp³-hybridized carbons (Fsp3) is 0.125. The van der Waals surface area contributed by atoms with Crippen LogP contribution >= 0.6 is 21.6 Å². The van der Waals surface area contributed by atoms with Gasteiger partial charge in [-0.05, 0) is 24.3 Å². The molecule has 0 heterocycles. The Labute approximate surface area is 147 Å². The van der Waals surface area contributed by atoms with E-state index in [0.29, 0.717) is 32.3 Å². The van der Waals surface area contributed by atoms with Crippen molar-refractivity contribution in [2.75, 3.05) is 25.7 Å². The van der Waals surface area contributed by atoms with Crippen molar-refractivity contribution in [3.8, 4) is 0 Å². The number of anilines is 2. The Morgan fingerprint density at radius 2 is 1.17 bits per heavy atom. The predicted molar refractivity (Wildman–Crippen MR) is 96.1 cm³/mol. The monoisotopic (exact) mass is 364 g/mol. The summed E-state index contributed by atoms with van der Waals surface area (Å²) in [6, 6.07) is 10.2. The summed E-state index contributed by atoms with van der Waals surface area (Å²) in [5, 5.41) is 0. The molecule has 2 aromatic rings. The van der Waals surface area contributed by atoms with E-state index >= 15 is 0 Å². The summed E-state index contributed by atoms with van der Waals surface area (Å²) in [6.45, 7) is 0. The van der Waals surface area contributed by atoms with Crippen LogP contribution in [0.25, 0.3) is 0 Å². The van der Waals surface area contributed by atoms with E-state index in [4.69, 9.17) is 20.9 Å². The lowest BCUT2D eigenvalue weighted by molar-refractivity contribution is 0.0592. The summed E-state index contributed by atoms with van der Waals surface area (Å²) in [4.78, 5) is 24.8. The highest BCUT2D eigenvalue weighted by Gasteiger charge is 2.16. The zero-order valence-corrected chi connectivity index (χ0v) is 14.7. The summed E-state index contributed by atoms with van der Waals surface area (Å²) in [5.74, 6) is -0.987. The van der Waals surface area contributed by atoms with Crippen LogP contribution in [0.3, 0.4) is 0 Å². The number of hydrogen-bond acceptors (Lipinski definition) is 8. The Morgan fingerprint density at radius 3 is 1.50 bits per heavy atom. The maximum atomic E-state index is 11.7. The van der Waals surface area contributed by atoms with E-state index in [9.17, 15) is 9.59 Å². The highest BCUT2D eigenvalue weighted by atomic mass is 33.1. The van der Waals surface area contributed by atoms with Crippen LogP contribution in [0.2, 0.25) is 0 Å². The Hall–Kier alpha value is -2.32. The predicted octanol–water partition coefficient (Wildman–Crippen LogP) is 3.22. The number of nitrogen functional groups attached to an aromatic ring is 2. The van der Waals surface area contributed by atoms with Gasteiger partial charge in [0.1, 0.15) is 0 Å². The lowest BCUT2D eigenvalue weighted by Crippen LogP contribution is -2.06. The molecular formula is C16H16N2O4S2. The summed E-state index contributed by atoms with van der Waals surface area (Å²) < 4.78 is 9.40. The molecule has 0 aliphatic carbocycles. The molecule has 0 saturated heterocycles. The van der Waals surface area contributed by atoms with Gasteiger partial charge in [0, 0.05) is 9.79 Å². The van der Waals surface area contributed by atoms with E-state index in [-0.39, 0.29) is 0 Å². The quantitative estimate of drug-likeness (QED) is 0.473. The number of para-hydroxylation sites is 2. The molecule has 0 amide bonds. The van der Waals surface area contributed by atoms with E-state index < -0.39 is 11.9 Å². The summed E-state index contributed by atoms with van der Waals surface area (Å²) in [5.41, 5.74) is 13.3. The Balaban J connectivity index is 2.23. The maximum Gasteiger partial charge on any atom is 0.339 e. The van der Waals surface area contributed by atoms with Crippen molar-refractivity contribution in [3.63, 3.8) is 0 Å². The van der Waals surface area contributed by atoms with E-state index in [1.165, 1.54) is 35.8 Å². The fourth-order valence-corrected chi connectivity index (χ4v) is 4.16. The SMILES string of the molecule is COC(=O)c1cccc(SSc2cccc(C(=O)OC)c2N)c1N. The molecule has 0 radical (unpaired) electrons. The number of benzene rings is 2. The highest BCUT2D eigenvalue weighted by molar-refractivity contribution is 8.76. The molecule has 0 fully saturated rings. The van der Waals surface area contributed by atoms with Crippen LogP contribution in [0.5, 0.6) is 0 Å². The number of ether oxygens (including phenoxy) is 2. The van der Waals surface area contributed by atoms with Crippen LogP contribution in [0, 0.1) is 0 Å². The van der Waals surface area contributed by atoms with Crippen LogP contribution in [0.1, 0.15) is 20.7 Å². The molecule has 0 saturated carbocycles. The van der Waals surface area contributed by atoms with Crippen molar-refractivity contribution in [1.29, 1.82) is 0 Å². The molecule has 0 aliphatic rings. The third-order valence-electron chi connectivity index (χ3n) is 3.16. The fourth-order valence-electron chi connectivity index (χ4n) is 1.90. The Kier molecular flexibility index (Phi) is 5.99. The van der Waals surface area contributed by atoms with Gasteiger partial charge in [-0.25, -0.2) is 9.59 Å². The van der Waals surface area contributed by atoms with Gasteiger partial charge in [-0.3, -0.25) is 0 Å². The molecule has 0 aromatic heterocycles. The number of nitrogens with two attached hydrogens (primary N) is 2. The summed E-state index contributed by atoms with van der Waals surface area (Å²) in [6.07, 6.45) is 0. The molecule has 0 atom stereocenters. The molecule has 4 N–H and O–H groups in total. The highest BCUT2D eigenvalue weighted by Crippen LogP contribution is 2.43. The number of hydrogen-bond donors (Lipinski definition) is 2. The van der Waals surface area contributed by atoms with Crippen molar-refractivity contribution in [1.82, 2.24) is 0 Å². The van der Waals surface area contributed by atoms with E-state index in [1.807, 2.05) is 0 Å². The second-order valence-corrected chi connectivity index (χ2v) is 6.80. The average molecular weight is 364 g/mol. The minimum absolute atomic E-state index is 0.305. The molecule has 0 bridgehead atoms. The van der Waals surface area contributed by atoms with Crippen molar-refractivity contribution in [3.05, 3.63) is 47.5 Å². The van der Waals surface area contributed by atoms with Crippen molar-refractivity contribution < 1.29 is 19.1 Å². The van der Waals surface area contributed by atoms with Gasteiger partial charge < -0.3 is 20.9 Å². The Bertz CT molecular complexity index is 715. The lowest BCUT2D eigenvalue weighted by atomic mass is 10.2. The first kappa shape index (κ1) is 18.0. The van der Waals surface area contributed by atoms with Crippen molar-refractivity contribution >= 4 is 44.9 Å². The van der Waals surface area contributed by atoms with E-state index in [2.05, 4.69) is 0 Å². The van der Waals surface area contributed by atoms with Crippen molar-refractivity contribution in [2.24, 2.45) is 0 Å². The molecule has 126 valence electrons. The first-order chi connectivity index (χ1) is 11.5. The van der Waals surface area contributed by atoms with Gasteiger partial charge in [-0.2, -0.15) is 0 Å². The van der Waals surface area contributed by atoms with Gasteiger partial charge in [-0.15, -0.1) is 0 Å². The largest absolute Gasteiger partial charge is 0.465 e. The first-order valence-corrected chi connectivity index (χ1v) is 8.92. The second-order valence-electron chi connectivity index (χ2n) is 4.58. The molecule has 0 spiro atoms. The molecule has 24 heavy (non-hydrogen) atoms. The van der Waals surface area contributed by atoms with Crippen LogP contribution in [0.4, 0.5) is 11.4 Å². The molecule has 2 rings (SSSR count). The van der Waals surface area contributed by atoms with Gasteiger partial charge in [-0.1, -0.05) is 33.7 Å². The van der Waals surface area contributed by atoms with Gasteiger partial charge in [0.15, 0.2) is 0 Å². The topological polar surface area (TPSA) is 105 Å². The van der Waals surface area contributed by atoms with Gasteiger partial charge in [0.05, 0.1) is 36.7 Å². The van der Waals surface area contributed by atoms with Crippen molar-refractivity contribution in [2.45, 2.75) is 9.79 Å². The van der Waals surface area contributed by atoms with E-state index in [0.717, 1.165) is 0 Å². The van der Waals surface area contributed by atoms with Crippen LogP contribution in [0.15, 0.2) is 46.2 Å². The third kappa shape index (κ3) is 3.77. The van der Waals surface area contributed by atoms with Crippen LogP contribution in [-0.4, -0.2) is 26.2 Å². The number of rotatable bonds is 5. The maximum absolute atomic E-state index is 11.7. The Morgan fingerprint density at radius 1 is 0.792 bits per heavy atom. The number of methoxy groups -OCH3 is 2. The second kappa shape index (κ2) is 7.98. The lowest BCUT2D eigenvalue weighted by Gasteiger charge is -2.11. The number of esters is 2. The third-order valence-corrected chi connectivity index (χ3v) is 5.65. The number of carbonyl (C=O) groups is 2. The molecule has 8 heteroatoms. The average Bonchev–Trinajstić information content (AvgIpc) is 2.60. The molecule has 2 aromatic carbocycles. The summed E-state index contributed by atoms with van der Waals surface area (Å²) in [7, 11) is 5.27. The zero-order valence-electron chi connectivity index (χ0n) is 13.1. The van der Waals surface area contributed by atoms with Crippen LogP contribution < -0.4 is 11.5 Å². The van der Waals surface area contributed by atoms with Gasteiger partial charge >= 0.3 is 11.9 Å². The molecule has 6 nitrogen and oxygen atoms in total. The first-order valence-electron chi connectivity index (χ1n) is 6.77.